The van der Waals surface area contributed by atoms with Crippen LogP contribution in [0.1, 0.15) is 11.1 Å². The smallest absolute Gasteiger partial charge is 0.228 e. The van der Waals surface area contributed by atoms with Gasteiger partial charge in [0.05, 0.1) is 26.0 Å². The van der Waals surface area contributed by atoms with Crippen LogP contribution in [0, 0.1) is 11.3 Å². The van der Waals surface area contributed by atoms with Crippen LogP contribution >= 0.6 is 0 Å². The first-order chi connectivity index (χ1) is 10.2. The molecule has 2 aromatic rings. The van der Waals surface area contributed by atoms with Crippen LogP contribution in [0.4, 0.5) is 5.69 Å². The molecule has 21 heavy (non-hydrogen) atoms. The molecule has 0 bridgehead atoms. The number of carbonyl (C=O) groups excluding carboxylic acids is 1. The van der Waals surface area contributed by atoms with E-state index in [9.17, 15) is 4.79 Å². The van der Waals surface area contributed by atoms with Crippen molar-refractivity contribution in [1.82, 2.24) is 0 Å². The first-order valence-corrected chi connectivity index (χ1v) is 6.60. The van der Waals surface area contributed by atoms with Gasteiger partial charge in [0, 0.05) is 5.69 Å². The highest BCUT2D eigenvalue weighted by Gasteiger charge is 2.04. The van der Waals surface area contributed by atoms with E-state index in [1.165, 1.54) is 0 Å². The molecular weight excluding hydrogens is 264 g/mol. The number of nitriles is 1. The molecule has 106 valence electrons. The van der Waals surface area contributed by atoms with Gasteiger partial charge in [0.25, 0.3) is 0 Å². The van der Waals surface area contributed by atoms with Crippen LogP contribution in [-0.4, -0.2) is 13.0 Å². The molecule has 0 radical (unpaired) electrons. The minimum Gasteiger partial charge on any atom is -0.497 e. The van der Waals surface area contributed by atoms with E-state index in [4.69, 9.17) is 10.00 Å². The second-order valence-electron chi connectivity index (χ2n) is 4.60. The molecule has 0 atom stereocenters. The van der Waals surface area contributed by atoms with Crippen LogP contribution in [0.25, 0.3) is 0 Å². The van der Waals surface area contributed by atoms with Gasteiger partial charge in [-0.25, -0.2) is 0 Å². The first-order valence-electron chi connectivity index (χ1n) is 6.60. The second kappa shape index (κ2) is 7.11. The molecule has 0 unspecified atom stereocenters. The number of carbonyl (C=O) groups is 1. The third-order valence-corrected chi connectivity index (χ3v) is 3.04. The van der Waals surface area contributed by atoms with Crippen molar-refractivity contribution in [1.29, 1.82) is 5.26 Å². The van der Waals surface area contributed by atoms with E-state index in [1.807, 2.05) is 36.4 Å². The van der Waals surface area contributed by atoms with Crippen molar-refractivity contribution in [3.63, 3.8) is 0 Å². The predicted molar refractivity (Wildman–Crippen MR) is 81.1 cm³/mol. The lowest BCUT2D eigenvalue weighted by molar-refractivity contribution is -0.115. The van der Waals surface area contributed by atoms with Gasteiger partial charge in [-0.05, 0) is 35.4 Å². The minimum absolute atomic E-state index is 0.0757. The van der Waals surface area contributed by atoms with Gasteiger partial charge >= 0.3 is 0 Å². The molecule has 0 aromatic heterocycles. The highest BCUT2D eigenvalue weighted by molar-refractivity contribution is 5.92. The summed E-state index contributed by atoms with van der Waals surface area (Å²) in [5.41, 5.74) is 2.59. The normalized spacial score (nSPS) is 9.71. The molecule has 0 saturated carbocycles. The number of rotatable bonds is 5. The molecule has 0 saturated heterocycles. The Labute approximate surface area is 124 Å². The molecule has 0 fully saturated rings. The van der Waals surface area contributed by atoms with Crippen molar-refractivity contribution in [3.05, 3.63) is 59.7 Å². The molecule has 1 amide bonds. The van der Waals surface area contributed by atoms with Crippen LogP contribution in [0.3, 0.4) is 0 Å². The molecule has 0 spiro atoms. The van der Waals surface area contributed by atoms with Gasteiger partial charge in [0.2, 0.25) is 5.91 Å². The second-order valence-corrected chi connectivity index (χ2v) is 4.60. The summed E-state index contributed by atoms with van der Waals surface area (Å²) in [6.45, 7) is 0. The number of ether oxygens (including phenoxy) is 1. The van der Waals surface area contributed by atoms with Gasteiger partial charge < -0.3 is 10.1 Å². The SMILES string of the molecule is COc1ccc(CC(=O)Nc2ccc(CC#N)cc2)cc1. The van der Waals surface area contributed by atoms with Gasteiger partial charge in [0.1, 0.15) is 5.75 Å². The van der Waals surface area contributed by atoms with Crippen molar-refractivity contribution < 1.29 is 9.53 Å². The van der Waals surface area contributed by atoms with E-state index >= 15 is 0 Å². The fraction of sp³-hybridized carbons (Fsp3) is 0.176. The number of amides is 1. The zero-order chi connectivity index (χ0) is 15.1. The largest absolute Gasteiger partial charge is 0.497 e. The lowest BCUT2D eigenvalue weighted by Gasteiger charge is -2.06. The van der Waals surface area contributed by atoms with Crippen molar-refractivity contribution in [2.75, 3.05) is 12.4 Å². The van der Waals surface area contributed by atoms with Crippen molar-refractivity contribution in [3.8, 4) is 11.8 Å². The number of anilines is 1. The average Bonchev–Trinajstić information content (AvgIpc) is 2.50. The van der Waals surface area contributed by atoms with Crippen molar-refractivity contribution >= 4 is 11.6 Å². The molecule has 1 N–H and O–H groups in total. The van der Waals surface area contributed by atoms with Crippen LogP contribution in [0.5, 0.6) is 5.75 Å². The number of nitrogens with zero attached hydrogens (tertiary/aromatic N) is 1. The molecule has 4 heteroatoms. The summed E-state index contributed by atoms with van der Waals surface area (Å²) in [6.07, 6.45) is 0.685. The van der Waals surface area contributed by atoms with Gasteiger partial charge in [-0.15, -0.1) is 0 Å². The molecule has 0 aliphatic heterocycles. The highest BCUT2D eigenvalue weighted by atomic mass is 16.5. The molecule has 0 aliphatic rings. The number of nitrogens with one attached hydrogen (secondary N) is 1. The molecule has 2 aromatic carbocycles. The maximum Gasteiger partial charge on any atom is 0.228 e. The van der Waals surface area contributed by atoms with E-state index in [1.54, 1.807) is 19.2 Å². The molecule has 4 nitrogen and oxygen atoms in total. The maximum atomic E-state index is 12.0. The molecule has 0 aliphatic carbocycles. The van der Waals surface area contributed by atoms with Crippen molar-refractivity contribution in [2.45, 2.75) is 12.8 Å². The summed E-state index contributed by atoms with van der Waals surface area (Å²) in [4.78, 5) is 12.0. The maximum absolute atomic E-state index is 12.0. The lowest BCUT2D eigenvalue weighted by atomic mass is 10.1. The van der Waals surface area contributed by atoms with E-state index in [2.05, 4.69) is 11.4 Å². The Morgan fingerprint density at radius 2 is 1.71 bits per heavy atom. The van der Waals surface area contributed by atoms with Crippen LogP contribution in [-0.2, 0) is 17.6 Å². The number of methoxy groups -OCH3 is 1. The lowest BCUT2D eigenvalue weighted by Crippen LogP contribution is -2.14. The monoisotopic (exact) mass is 280 g/mol. The topological polar surface area (TPSA) is 62.1 Å². The number of hydrogen-bond acceptors (Lipinski definition) is 3. The van der Waals surface area contributed by atoms with Crippen molar-refractivity contribution in [2.24, 2.45) is 0 Å². The van der Waals surface area contributed by atoms with Crippen LogP contribution in [0.15, 0.2) is 48.5 Å². The fourth-order valence-electron chi connectivity index (χ4n) is 1.93. The Balaban J connectivity index is 1.93. The first kappa shape index (κ1) is 14.6. The summed E-state index contributed by atoms with van der Waals surface area (Å²) in [7, 11) is 1.61. The van der Waals surface area contributed by atoms with Crippen LogP contribution in [0.2, 0.25) is 0 Å². The predicted octanol–water partition coefficient (Wildman–Crippen LogP) is 2.94. The van der Waals surface area contributed by atoms with Crippen LogP contribution < -0.4 is 10.1 Å². The zero-order valence-corrected chi connectivity index (χ0v) is 11.8. The van der Waals surface area contributed by atoms with Gasteiger partial charge in [-0.2, -0.15) is 5.26 Å². The average molecular weight is 280 g/mol. The van der Waals surface area contributed by atoms with Gasteiger partial charge in [-0.1, -0.05) is 24.3 Å². The highest BCUT2D eigenvalue weighted by Crippen LogP contribution is 2.13. The standard InChI is InChI=1S/C17H16N2O2/c1-21-16-8-4-14(5-9-16)12-17(20)19-15-6-2-13(3-7-15)10-11-18/h2-9H,10,12H2,1H3,(H,19,20). The minimum atomic E-state index is -0.0757. The third kappa shape index (κ3) is 4.36. The van der Waals surface area contributed by atoms with E-state index in [-0.39, 0.29) is 5.91 Å². The summed E-state index contributed by atoms with van der Waals surface area (Å²) in [5, 5.41) is 11.4. The number of benzene rings is 2. The third-order valence-electron chi connectivity index (χ3n) is 3.04. The quantitative estimate of drug-likeness (QED) is 0.916. The van der Waals surface area contributed by atoms with Gasteiger partial charge in [0.15, 0.2) is 0 Å². The zero-order valence-electron chi connectivity index (χ0n) is 11.8. The Bertz CT molecular complexity index is 640. The van der Waals surface area contributed by atoms with Gasteiger partial charge in [-0.3, -0.25) is 4.79 Å². The number of hydrogen-bond donors (Lipinski definition) is 1. The summed E-state index contributed by atoms with van der Waals surface area (Å²) >= 11 is 0. The Hall–Kier alpha value is -2.80. The Morgan fingerprint density at radius 1 is 1.10 bits per heavy atom. The van der Waals surface area contributed by atoms with E-state index in [0.29, 0.717) is 12.8 Å². The van der Waals surface area contributed by atoms with E-state index < -0.39 is 0 Å². The molecule has 2 rings (SSSR count). The molecular formula is C17H16N2O2. The van der Waals surface area contributed by atoms with E-state index in [0.717, 1.165) is 22.6 Å². The fourth-order valence-corrected chi connectivity index (χ4v) is 1.93. The Kier molecular flexibility index (Phi) is 4.94. The summed E-state index contributed by atoms with van der Waals surface area (Å²) in [6, 6.07) is 16.8. The molecule has 0 heterocycles. The summed E-state index contributed by atoms with van der Waals surface area (Å²) < 4.78 is 5.08. The summed E-state index contributed by atoms with van der Waals surface area (Å²) in [5.74, 6) is 0.695. The Morgan fingerprint density at radius 3 is 2.29 bits per heavy atom.